The molecule has 1 rings (SSSR count). The monoisotopic (exact) mass is 223 g/mol. The highest BCUT2D eigenvalue weighted by molar-refractivity contribution is 5.88. The Balaban J connectivity index is 2.58. The zero-order chi connectivity index (χ0) is 12.0. The quantitative estimate of drug-likeness (QED) is 0.636. The van der Waals surface area contributed by atoms with E-state index < -0.39 is 0 Å². The predicted molar refractivity (Wildman–Crippen MR) is 65.3 cm³/mol. The van der Waals surface area contributed by atoms with Crippen molar-refractivity contribution in [1.82, 2.24) is 10.6 Å². The summed E-state index contributed by atoms with van der Waals surface area (Å²) in [7, 11) is 1.78. The summed E-state index contributed by atoms with van der Waals surface area (Å²) in [6, 6.07) is 0. The van der Waals surface area contributed by atoms with Crippen molar-refractivity contribution < 1.29 is 4.79 Å². The summed E-state index contributed by atoms with van der Waals surface area (Å²) in [5, 5.41) is 13.0. The second kappa shape index (κ2) is 6.30. The van der Waals surface area contributed by atoms with Gasteiger partial charge in [0, 0.05) is 24.9 Å². The topological polar surface area (TPSA) is 65.0 Å². The molecule has 1 aliphatic carbocycles. The van der Waals surface area contributed by atoms with E-state index in [2.05, 4.69) is 10.6 Å². The lowest BCUT2D eigenvalue weighted by Gasteiger charge is -2.21. The maximum Gasteiger partial charge on any atom is 0.227 e. The van der Waals surface area contributed by atoms with Crippen LogP contribution >= 0.6 is 0 Å². The molecule has 0 aromatic heterocycles. The van der Waals surface area contributed by atoms with Crippen LogP contribution in [0.15, 0.2) is 11.4 Å². The first-order valence-corrected chi connectivity index (χ1v) is 5.89. The zero-order valence-corrected chi connectivity index (χ0v) is 10.1. The van der Waals surface area contributed by atoms with E-state index in [4.69, 9.17) is 5.41 Å². The molecule has 0 aromatic carbocycles. The first kappa shape index (κ1) is 12.7. The van der Waals surface area contributed by atoms with E-state index in [-0.39, 0.29) is 11.8 Å². The van der Waals surface area contributed by atoms with E-state index in [0.717, 1.165) is 31.4 Å². The van der Waals surface area contributed by atoms with Crippen LogP contribution in [0.4, 0.5) is 0 Å². The van der Waals surface area contributed by atoms with Crippen molar-refractivity contribution in [1.29, 1.82) is 5.41 Å². The van der Waals surface area contributed by atoms with Crippen LogP contribution in [0.5, 0.6) is 0 Å². The van der Waals surface area contributed by atoms with Gasteiger partial charge in [-0.15, -0.1) is 0 Å². The van der Waals surface area contributed by atoms with Crippen LogP contribution in [-0.2, 0) is 4.79 Å². The summed E-state index contributed by atoms with van der Waals surface area (Å²) in [5.41, 5.74) is 1.39. The van der Waals surface area contributed by atoms with Crippen LogP contribution < -0.4 is 10.6 Å². The lowest BCUT2D eigenvalue weighted by atomic mass is 9.88. The zero-order valence-electron chi connectivity index (χ0n) is 10.1. The van der Waals surface area contributed by atoms with Crippen LogP contribution in [-0.4, -0.2) is 19.2 Å². The molecule has 0 atom stereocenters. The Morgan fingerprint density at radius 2 is 1.94 bits per heavy atom. The van der Waals surface area contributed by atoms with Crippen molar-refractivity contribution in [2.75, 3.05) is 7.05 Å². The van der Waals surface area contributed by atoms with Gasteiger partial charge < -0.3 is 16.0 Å². The molecule has 0 unspecified atom stereocenters. The number of amides is 1. The highest BCUT2D eigenvalue weighted by Gasteiger charge is 2.21. The molecule has 1 aliphatic rings. The summed E-state index contributed by atoms with van der Waals surface area (Å²) >= 11 is 0. The second-order valence-corrected chi connectivity index (χ2v) is 4.26. The molecule has 16 heavy (non-hydrogen) atoms. The molecule has 4 heteroatoms. The normalized spacial score (nSPS) is 18.6. The minimum Gasteiger partial charge on any atom is -0.390 e. The fourth-order valence-corrected chi connectivity index (χ4v) is 1.97. The molecule has 0 heterocycles. The standard InChI is InChI=1S/C12H21N3O/c1-9(14-2)11(8-13)15-12(16)10-6-4-3-5-7-10/h8,10,13-14H,3-7H2,1-2H3,(H,15,16)/b11-9+,13-8?. The molecule has 0 radical (unpaired) electrons. The summed E-state index contributed by atoms with van der Waals surface area (Å²) in [5.74, 6) is 0.196. The van der Waals surface area contributed by atoms with Gasteiger partial charge in [0.1, 0.15) is 0 Å². The lowest BCUT2D eigenvalue weighted by molar-refractivity contribution is -0.125. The van der Waals surface area contributed by atoms with Crippen LogP contribution in [0.2, 0.25) is 0 Å². The minimum absolute atomic E-state index is 0.0628. The van der Waals surface area contributed by atoms with Crippen LogP contribution in [0.25, 0.3) is 0 Å². The van der Waals surface area contributed by atoms with Gasteiger partial charge in [-0.3, -0.25) is 4.79 Å². The van der Waals surface area contributed by atoms with Gasteiger partial charge in [-0.1, -0.05) is 19.3 Å². The Bertz CT molecular complexity index is 291. The average molecular weight is 223 g/mol. The number of hydrogen-bond donors (Lipinski definition) is 3. The lowest BCUT2D eigenvalue weighted by Crippen LogP contribution is -2.33. The first-order chi connectivity index (χ1) is 7.69. The van der Waals surface area contributed by atoms with Crippen molar-refractivity contribution in [3.05, 3.63) is 11.4 Å². The third-order valence-electron chi connectivity index (χ3n) is 3.16. The van der Waals surface area contributed by atoms with Gasteiger partial charge in [-0.2, -0.15) is 0 Å². The number of carbonyl (C=O) groups is 1. The number of carbonyl (C=O) groups excluding carboxylic acids is 1. The molecule has 0 saturated heterocycles. The van der Waals surface area contributed by atoms with Crippen molar-refractivity contribution in [2.45, 2.75) is 39.0 Å². The fourth-order valence-electron chi connectivity index (χ4n) is 1.97. The molecule has 4 nitrogen and oxygen atoms in total. The van der Waals surface area contributed by atoms with Crippen LogP contribution in [0.3, 0.4) is 0 Å². The van der Waals surface area contributed by atoms with Gasteiger partial charge in [0.05, 0.1) is 5.70 Å². The summed E-state index contributed by atoms with van der Waals surface area (Å²) in [6.45, 7) is 1.85. The molecule has 0 bridgehead atoms. The van der Waals surface area contributed by atoms with E-state index in [0.29, 0.717) is 5.70 Å². The van der Waals surface area contributed by atoms with Gasteiger partial charge in [0.15, 0.2) is 0 Å². The fraction of sp³-hybridized carbons (Fsp3) is 0.667. The molecule has 1 saturated carbocycles. The molecule has 0 aromatic rings. The SMILES string of the molecule is CN/C(C)=C(\C=N)NC(=O)C1CCCCC1. The van der Waals surface area contributed by atoms with Crippen LogP contribution in [0.1, 0.15) is 39.0 Å². The molecule has 1 fully saturated rings. The van der Waals surface area contributed by atoms with E-state index >= 15 is 0 Å². The number of allylic oxidation sites excluding steroid dienone is 2. The minimum atomic E-state index is 0.0628. The summed E-state index contributed by atoms with van der Waals surface area (Å²) in [6.07, 6.45) is 6.68. The van der Waals surface area contributed by atoms with Crippen molar-refractivity contribution in [3.8, 4) is 0 Å². The summed E-state index contributed by atoms with van der Waals surface area (Å²) in [4.78, 5) is 11.9. The summed E-state index contributed by atoms with van der Waals surface area (Å²) < 4.78 is 0. The maximum absolute atomic E-state index is 11.9. The van der Waals surface area contributed by atoms with Gasteiger partial charge >= 0.3 is 0 Å². The first-order valence-electron chi connectivity index (χ1n) is 5.89. The third kappa shape index (κ3) is 3.36. The van der Waals surface area contributed by atoms with Gasteiger partial charge in [0.25, 0.3) is 0 Å². The molecule has 3 N–H and O–H groups in total. The van der Waals surface area contributed by atoms with Crippen molar-refractivity contribution >= 4 is 12.1 Å². The van der Waals surface area contributed by atoms with Crippen molar-refractivity contribution in [2.24, 2.45) is 5.92 Å². The largest absolute Gasteiger partial charge is 0.390 e. The average Bonchev–Trinajstić information content (AvgIpc) is 2.35. The highest BCUT2D eigenvalue weighted by atomic mass is 16.1. The van der Waals surface area contributed by atoms with E-state index in [9.17, 15) is 4.79 Å². The second-order valence-electron chi connectivity index (χ2n) is 4.26. The Morgan fingerprint density at radius 3 is 2.44 bits per heavy atom. The van der Waals surface area contributed by atoms with E-state index in [1.165, 1.54) is 12.6 Å². The van der Waals surface area contributed by atoms with Crippen molar-refractivity contribution in [3.63, 3.8) is 0 Å². The Labute approximate surface area is 97.0 Å². The van der Waals surface area contributed by atoms with Gasteiger partial charge in [-0.25, -0.2) is 0 Å². The maximum atomic E-state index is 11.9. The molecule has 90 valence electrons. The number of rotatable bonds is 4. The molecule has 0 aliphatic heterocycles. The molecule has 1 amide bonds. The number of nitrogens with one attached hydrogen (secondary N) is 3. The molecule has 0 spiro atoms. The molecular formula is C12H21N3O. The predicted octanol–water partition coefficient (Wildman–Crippen LogP) is 1.78. The van der Waals surface area contributed by atoms with Gasteiger partial charge in [-0.05, 0) is 19.8 Å². The van der Waals surface area contributed by atoms with Crippen LogP contribution in [0, 0.1) is 11.3 Å². The Morgan fingerprint density at radius 1 is 1.31 bits per heavy atom. The number of hydrogen-bond acceptors (Lipinski definition) is 3. The smallest absolute Gasteiger partial charge is 0.227 e. The Kier molecular flexibility index (Phi) is 5.02. The molecular weight excluding hydrogens is 202 g/mol. The third-order valence-corrected chi connectivity index (χ3v) is 3.16. The Hall–Kier alpha value is -1.32. The van der Waals surface area contributed by atoms with E-state index in [1.54, 1.807) is 7.05 Å². The van der Waals surface area contributed by atoms with E-state index in [1.807, 2.05) is 6.92 Å². The van der Waals surface area contributed by atoms with Gasteiger partial charge in [0.2, 0.25) is 5.91 Å². The highest BCUT2D eigenvalue weighted by Crippen LogP contribution is 2.23.